The number of carbonyl (C=O) groups excluding carboxylic acids is 1. The van der Waals surface area contributed by atoms with Crippen LogP contribution in [-0.2, 0) is 13.5 Å². The Labute approximate surface area is 125 Å². The lowest BCUT2D eigenvalue weighted by Gasteiger charge is -2.06. The van der Waals surface area contributed by atoms with Crippen LogP contribution in [0, 0.1) is 0 Å². The lowest BCUT2D eigenvalue weighted by atomic mass is 10.2. The number of hydrogen-bond acceptors (Lipinski definition) is 4. The van der Waals surface area contributed by atoms with Crippen molar-refractivity contribution < 1.29 is 4.79 Å². The maximum absolute atomic E-state index is 12.0. The second-order valence-corrected chi connectivity index (χ2v) is 5.40. The standard InChI is InChI=1S/C12H13BrN4OS/c1-17-7-15-11(16-17)4-5-14-12(18)9-3-2-8(13)6-10(9)19/h2-3,6-7,19H,4-5H2,1H3,(H,14,18). The Morgan fingerprint density at radius 2 is 2.32 bits per heavy atom. The zero-order chi connectivity index (χ0) is 13.8. The summed E-state index contributed by atoms with van der Waals surface area (Å²) in [6.07, 6.45) is 2.24. The van der Waals surface area contributed by atoms with Crippen LogP contribution in [0.15, 0.2) is 33.9 Å². The minimum Gasteiger partial charge on any atom is -0.352 e. The molecule has 0 atom stereocenters. The molecular formula is C12H13BrN4OS. The van der Waals surface area contributed by atoms with Gasteiger partial charge in [0.15, 0.2) is 5.82 Å². The molecule has 19 heavy (non-hydrogen) atoms. The first kappa shape index (κ1) is 14.1. The van der Waals surface area contributed by atoms with Crippen LogP contribution in [0.5, 0.6) is 0 Å². The van der Waals surface area contributed by atoms with Crippen molar-refractivity contribution in [3.05, 3.63) is 40.4 Å². The molecular weight excluding hydrogens is 328 g/mol. The number of nitrogens with one attached hydrogen (secondary N) is 1. The van der Waals surface area contributed by atoms with Crippen LogP contribution in [0.3, 0.4) is 0 Å². The lowest BCUT2D eigenvalue weighted by molar-refractivity contribution is 0.0951. The van der Waals surface area contributed by atoms with Gasteiger partial charge in [0, 0.05) is 29.4 Å². The Morgan fingerprint density at radius 3 is 2.95 bits per heavy atom. The van der Waals surface area contributed by atoms with Crippen molar-refractivity contribution in [2.45, 2.75) is 11.3 Å². The smallest absolute Gasteiger partial charge is 0.252 e. The predicted octanol–water partition coefficient (Wildman–Crippen LogP) is 1.84. The molecule has 1 aromatic heterocycles. The van der Waals surface area contributed by atoms with Gasteiger partial charge < -0.3 is 5.32 Å². The summed E-state index contributed by atoms with van der Waals surface area (Å²) in [5.41, 5.74) is 0.556. The van der Waals surface area contributed by atoms with E-state index in [0.717, 1.165) is 4.47 Å². The molecule has 1 aromatic carbocycles. The zero-order valence-electron chi connectivity index (χ0n) is 10.3. The number of thiol groups is 1. The van der Waals surface area contributed by atoms with Crippen LogP contribution in [0.25, 0.3) is 0 Å². The van der Waals surface area contributed by atoms with Crippen molar-refractivity contribution >= 4 is 34.5 Å². The first-order valence-corrected chi connectivity index (χ1v) is 6.91. The number of aromatic nitrogens is 3. The van der Waals surface area contributed by atoms with Gasteiger partial charge in [0.2, 0.25) is 0 Å². The molecule has 0 aliphatic heterocycles. The van der Waals surface area contributed by atoms with Gasteiger partial charge in [-0.25, -0.2) is 4.98 Å². The lowest BCUT2D eigenvalue weighted by Crippen LogP contribution is -2.26. The number of amides is 1. The van der Waals surface area contributed by atoms with Gasteiger partial charge in [0.25, 0.3) is 5.91 Å². The molecule has 0 saturated carbocycles. The summed E-state index contributed by atoms with van der Waals surface area (Å²) in [4.78, 5) is 16.7. The Bertz CT molecular complexity index is 599. The third-order valence-electron chi connectivity index (χ3n) is 2.49. The summed E-state index contributed by atoms with van der Waals surface area (Å²) in [6.45, 7) is 0.492. The average molecular weight is 341 g/mol. The molecule has 2 rings (SSSR count). The molecule has 0 aliphatic carbocycles. The first-order chi connectivity index (χ1) is 9.06. The number of halogens is 1. The molecule has 100 valence electrons. The fourth-order valence-electron chi connectivity index (χ4n) is 1.58. The van der Waals surface area contributed by atoms with Gasteiger partial charge in [-0.15, -0.1) is 12.6 Å². The van der Waals surface area contributed by atoms with E-state index in [1.807, 2.05) is 13.1 Å². The highest BCUT2D eigenvalue weighted by atomic mass is 79.9. The largest absolute Gasteiger partial charge is 0.352 e. The van der Waals surface area contributed by atoms with E-state index in [9.17, 15) is 4.79 Å². The van der Waals surface area contributed by atoms with E-state index in [4.69, 9.17) is 0 Å². The summed E-state index contributed by atoms with van der Waals surface area (Å²) in [7, 11) is 1.81. The highest BCUT2D eigenvalue weighted by molar-refractivity contribution is 9.10. The molecule has 1 amide bonds. The summed E-state index contributed by atoms with van der Waals surface area (Å²) < 4.78 is 2.53. The fourth-order valence-corrected chi connectivity index (χ4v) is 2.43. The molecule has 2 aromatic rings. The van der Waals surface area contributed by atoms with Gasteiger partial charge in [-0.1, -0.05) is 15.9 Å². The molecule has 0 radical (unpaired) electrons. The minimum atomic E-state index is -0.145. The summed E-state index contributed by atoms with van der Waals surface area (Å²) >= 11 is 7.61. The molecule has 0 aliphatic rings. The van der Waals surface area contributed by atoms with Gasteiger partial charge in [0.1, 0.15) is 6.33 Å². The molecule has 0 spiro atoms. The Kier molecular flexibility index (Phi) is 4.60. The third-order valence-corrected chi connectivity index (χ3v) is 3.35. The SMILES string of the molecule is Cn1cnc(CCNC(=O)c2ccc(Br)cc2S)n1. The van der Waals surface area contributed by atoms with E-state index in [1.165, 1.54) is 0 Å². The monoisotopic (exact) mass is 340 g/mol. The van der Waals surface area contributed by atoms with Crippen LogP contribution < -0.4 is 5.32 Å². The molecule has 0 unspecified atom stereocenters. The van der Waals surface area contributed by atoms with Crippen molar-refractivity contribution in [1.82, 2.24) is 20.1 Å². The number of aryl methyl sites for hydroxylation is 1. The van der Waals surface area contributed by atoms with E-state index >= 15 is 0 Å². The highest BCUT2D eigenvalue weighted by Gasteiger charge is 2.09. The second kappa shape index (κ2) is 6.21. The summed E-state index contributed by atoms with van der Waals surface area (Å²) in [5.74, 6) is 0.568. The quantitative estimate of drug-likeness (QED) is 0.835. The van der Waals surface area contributed by atoms with Crippen LogP contribution in [-0.4, -0.2) is 27.2 Å². The summed E-state index contributed by atoms with van der Waals surface area (Å²) in [6, 6.07) is 5.34. The molecule has 1 heterocycles. The second-order valence-electron chi connectivity index (χ2n) is 4.00. The van der Waals surface area contributed by atoms with Crippen LogP contribution in [0.2, 0.25) is 0 Å². The van der Waals surface area contributed by atoms with Crippen molar-refractivity contribution in [3.8, 4) is 0 Å². The van der Waals surface area contributed by atoms with E-state index in [-0.39, 0.29) is 5.91 Å². The summed E-state index contributed by atoms with van der Waals surface area (Å²) in [5, 5.41) is 6.97. The highest BCUT2D eigenvalue weighted by Crippen LogP contribution is 2.19. The Morgan fingerprint density at radius 1 is 1.53 bits per heavy atom. The molecule has 7 heteroatoms. The fraction of sp³-hybridized carbons (Fsp3) is 0.250. The van der Waals surface area contributed by atoms with E-state index in [1.54, 1.807) is 23.1 Å². The zero-order valence-corrected chi connectivity index (χ0v) is 12.8. The number of rotatable bonds is 4. The Hall–Kier alpha value is -1.34. The number of carbonyl (C=O) groups is 1. The van der Waals surface area contributed by atoms with Gasteiger partial charge in [-0.2, -0.15) is 5.10 Å². The molecule has 0 fully saturated rings. The molecule has 0 bridgehead atoms. The van der Waals surface area contributed by atoms with Crippen molar-refractivity contribution in [1.29, 1.82) is 0 Å². The van der Waals surface area contributed by atoms with Gasteiger partial charge >= 0.3 is 0 Å². The normalized spacial score (nSPS) is 10.5. The van der Waals surface area contributed by atoms with Crippen LogP contribution >= 0.6 is 28.6 Å². The van der Waals surface area contributed by atoms with Gasteiger partial charge in [0.05, 0.1) is 5.56 Å². The molecule has 1 N–H and O–H groups in total. The first-order valence-electron chi connectivity index (χ1n) is 5.67. The predicted molar refractivity (Wildman–Crippen MR) is 78.4 cm³/mol. The van der Waals surface area contributed by atoms with E-state index in [0.29, 0.717) is 29.2 Å². The topological polar surface area (TPSA) is 59.8 Å². The van der Waals surface area contributed by atoms with Crippen molar-refractivity contribution in [3.63, 3.8) is 0 Å². The number of benzene rings is 1. The van der Waals surface area contributed by atoms with Gasteiger partial charge in [-0.05, 0) is 18.2 Å². The van der Waals surface area contributed by atoms with Crippen molar-refractivity contribution in [2.24, 2.45) is 7.05 Å². The van der Waals surface area contributed by atoms with Gasteiger partial charge in [-0.3, -0.25) is 9.48 Å². The minimum absolute atomic E-state index is 0.145. The van der Waals surface area contributed by atoms with Crippen molar-refractivity contribution in [2.75, 3.05) is 6.54 Å². The number of hydrogen-bond donors (Lipinski definition) is 2. The Balaban J connectivity index is 1.90. The van der Waals surface area contributed by atoms with E-state index < -0.39 is 0 Å². The number of nitrogens with zero attached hydrogens (tertiary/aromatic N) is 3. The molecule has 0 saturated heterocycles. The van der Waals surface area contributed by atoms with Crippen LogP contribution in [0.1, 0.15) is 16.2 Å². The molecule has 5 nitrogen and oxygen atoms in total. The maximum Gasteiger partial charge on any atom is 0.252 e. The van der Waals surface area contributed by atoms with E-state index in [2.05, 4.69) is 44.0 Å². The maximum atomic E-state index is 12.0. The third kappa shape index (κ3) is 3.81. The van der Waals surface area contributed by atoms with Crippen LogP contribution in [0.4, 0.5) is 0 Å². The average Bonchev–Trinajstić information content (AvgIpc) is 2.75.